The molecule has 6 rings (SSSR count). The molecule has 5 heterocycles. The highest BCUT2D eigenvalue weighted by molar-refractivity contribution is 5.84. The number of hydrogen-bond donors (Lipinski definition) is 1. The zero-order chi connectivity index (χ0) is 23.8. The molecule has 0 spiro atoms. The summed E-state index contributed by atoms with van der Waals surface area (Å²) in [6.45, 7) is 7.25. The number of nitrogens with one attached hydrogen (secondary N) is 1. The van der Waals surface area contributed by atoms with E-state index in [0.29, 0.717) is 30.9 Å². The molecular formula is C26H32N6O3. The first-order chi connectivity index (χ1) is 17.1. The smallest absolute Gasteiger partial charge is 0.240 e. The predicted molar refractivity (Wildman–Crippen MR) is 134 cm³/mol. The van der Waals surface area contributed by atoms with Crippen LogP contribution in [0.4, 0.5) is 5.69 Å². The van der Waals surface area contributed by atoms with E-state index >= 15 is 0 Å². The van der Waals surface area contributed by atoms with Gasteiger partial charge in [-0.2, -0.15) is 0 Å². The maximum atomic E-state index is 11.5. The van der Waals surface area contributed by atoms with Crippen molar-refractivity contribution in [3.63, 3.8) is 0 Å². The molecule has 35 heavy (non-hydrogen) atoms. The molecular weight excluding hydrogens is 444 g/mol. The van der Waals surface area contributed by atoms with Crippen LogP contribution < -0.4 is 15.0 Å². The second-order valence-electron chi connectivity index (χ2n) is 9.81. The van der Waals surface area contributed by atoms with Crippen molar-refractivity contribution in [2.75, 3.05) is 57.4 Å². The van der Waals surface area contributed by atoms with E-state index in [2.05, 4.69) is 44.4 Å². The number of nitrogens with zero attached hydrogens (tertiary/aromatic N) is 5. The summed E-state index contributed by atoms with van der Waals surface area (Å²) in [6, 6.07) is 11.3. The van der Waals surface area contributed by atoms with Gasteiger partial charge in [0.15, 0.2) is 0 Å². The molecule has 1 atom stereocenters. The molecule has 1 aromatic carbocycles. The van der Waals surface area contributed by atoms with E-state index in [1.807, 2.05) is 17.7 Å². The van der Waals surface area contributed by atoms with E-state index in [9.17, 15) is 4.79 Å². The van der Waals surface area contributed by atoms with Crippen LogP contribution in [0.5, 0.6) is 5.88 Å². The van der Waals surface area contributed by atoms with Crippen molar-refractivity contribution in [2.24, 2.45) is 13.0 Å². The summed E-state index contributed by atoms with van der Waals surface area (Å²) in [7, 11) is 1.95. The first-order valence-corrected chi connectivity index (χ1v) is 12.5. The summed E-state index contributed by atoms with van der Waals surface area (Å²) in [6.07, 6.45) is 3.19. The second-order valence-corrected chi connectivity index (χ2v) is 9.81. The van der Waals surface area contributed by atoms with Crippen molar-refractivity contribution in [2.45, 2.75) is 18.9 Å². The van der Waals surface area contributed by atoms with Gasteiger partial charge < -0.3 is 24.3 Å². The fourth-order valence-electron chi connectivity index (χ4n) is 5.20. The Labute approximate surface area is 205 Å². The van der Waals surface area contributed by atoms with Gasteiger partial charge in [0, 0.05) is 57.4 Å². The fourth-order valence-corrected chi connectivity index (χ4v) is 5.20. The Morgan fingerprint density at radius 2 is 1.94 bits per heavy atom. The molecule has 9 heteroatoms. The maximum Gasteiger partial charge on any atom is 0.240 e. The molecule has 3 aliphatic rings. The lowest BCUT2D eigenvalue weighted by atomic mass is 10.1. The summed E-state index contributed by atoms with van der Waals surface area (Å²) in [5.41, 5.74) is 4.90. The van der Waals surface area contributed by atoms with Gasteiger partial charge in [-0.15, -0.1) is 0 Å². The van der Waals surface area contributed by atoms with Crippen LogP contribution >= 0.6 is 0 Å². The van der Waals surface area contributed by atoms with E-state index in [-0.39, 0.29) is 5.91 Å². The molecule has 3 fully saturated rings. The quantitative estimate of drug-likeness (QED) is 0.559. The number of pyridine rings is 1. The molecule has 9 nitrogen and oxygen atoms in total. The largest absolute Gasteiger partial charge is 0.476 e. The highest BCUT2D eigenvalue weighted by atomic mass is 16.5. The molecule has 184 valence electrons. The van der Waals surface area contributed by atoms with Gasteiger partial charge in [-0.25, -0.2) is 9.97 Å². The van der Waals surface area contributed by atoms with Crippen LogP contribution in [0, 0.1) is 5.92 Å². The molecule has 1 amide bonds. The van der Waals surface area contributed by atoms with Gasteiger partial charge >= 0.3 is 0 Å². The minimum atomic E-state index is 0.127. The van der Waals surface area contributed by atoms with Gasteiger partial charge in [-0.1, -0.05) is 12.1 Å². The third kappa shape index (κ3) is 4.58. The number of fused-ring (bicyclic) bond motifs is 1. The number of carbonyl (C=O) groups excluding carboxylic acids is 1. The van der Waals surface area contributed by atoms with Gasteiger partial charge in [0.2, 0.25) is 11.8 Å². The van der Waals surface area contributed by atoms with E-state index in [4.69, 9.17) is 14.5 Å². The molecule has 3 aliphatic heterocycles. The monoisotopic (exact) mass is 476 g/mol. The Kier molecular flexibility index (Phi) is 6.03. The molecule has 3 saturated heterocycles. The third-order valence-electron chi connectivity index (χ3n) is 7.47. The molecule has 0 unspecified atom stereocenters. The zero-order valence-corrected chi connectivity index (χ0v) is 20.2. The Morgan fingerprint density at radius 3 is 2.63 bits per heavy atom. The second kappa shape index (κ2) is 9.47. The van der Waals surface area contributed by atoms with E-state index in [1.165, 1.54) is 5.69 Å². The maximum absolute atomic E-state index is 11.5. The average molecular weight is 477 g/mol. The Balaban J connectivity index is 1.16. The minimum Gasteiger partial charge on any atom is -0.476 e. The SMILES string of the molecule is Cn1cnc2cc(-c3ccc(N4CCN(C5COC5)CC4)cc3)nc(OCC[C@H]3CNC(=O)C3)c21. The van der Waals surface area contributed by atoms with Gasteiger partial charge in [0.1, 0.15) is 5.52 Å². The van der Waals surface area contributed by atoms with Crippen LogP contribution in [-0.4, -0.2) is 83.9 Å². The molecule has 1 N–H and O–H groups in total. The normalized spacial score (nSPS) is 21.3. The van der Waals surface area contributed by atoms with Crippen LogP contribution in [0.1, 0.15) is 12.8 Å². The third-order valence-corrected chi connectivity index (χ3v) is 7.47. The van der Waals surface area contributed by atoms with E-state index in [1.54, 1.807) is 6.33 Å². The minimum absolute atomic E-state index is 0.127. The lowest BCUT2D eigenvalue weighted by molar-refractivity contribution is -0.119. The lowest BCUT2D eigenvalue weighted by Gasteiger charge is -2.43. The van der Waals surface area contributed by atoms with Gasteiger partial charge in [0.25, 0.3) is 0 Å². The number of anilines is 1. The topological polar surface area (TPSA) is 84.8 Å². The van der Waals surface area contributed by atoms with E-state index in [0.717, 1.165) is 74.6 Å². The number of hydrogen-bond acceptors (Lipinski definition) is 7. The van der Waals surface area contributed by atoms with Crippen LogP contribution in [-0.2, 0) is 16.6 Å². The van der Waals surface area contributed by atoms with Gasteiger partial charge in [-0.05, 0) is 30.5 Å². The number of amides is 1. The van der Waals surface area contributed by atoms with Gasteiger partial charge in [-0.3, -0.25) is 9.69 Å². The number of aromatic nitrogens is 3. The lowest BCUT2D eigenvalue weighted by Crippen LogP contribution is -2.56. The van der Waals surface area contributed by atoms with Crippen LogP contribution in [0.3, 0.4) is 0 Å². The highest BCUT2D eigenvalue weighted by Crippen LogP contribution is 2.30. The van der Waals surface area contributed by atoms with Crippen molar-refractivity contribution in [3.05, 3.63) is 36.7 Å². The zero-order valence-electron chi connectivity index (χ0n) is 20.2. The highest BCUT2D eigenvalue weighted by Gasteiger charge is 2.29. The van der Waals surface area contributed by atoms with Crippen molar-refractivity contribution in [3.8, 4) is 17.1 Å². The number of imidazole rings is 1. The average Bonchev–Trinajstić information content (AvgIpc) is 3.43. The number of benzene rings is 1. The van der Waals surface area contributed by atoms with Crippen molar-refractivity contribution in [1.29, 1.82) is 0 Å². The van der Waals surface area contributed by atoms with Crippen molar-refractivity contribution < 1.29 is 14.3 Å². The molecule has 0 aliphatic carbocycles. The summed E-state index contributed by atoms with van der Waals surface area (Å²) in [4.78, 5) is 25.9. The molecule has 3 aromatic rings. The number of rotatable bonds is 7. The molecule has 0 radical (unpaired) electrons. The standard InChI is InChI=1S/C26H32N6O3/c1-30-17-28-23-13-22(29-26(25(23)30)35-11-6-18-12-24(33)27-14-18)19-2-4-20(5-3-19)31-7-9-32(10-8-31)21-15-34-16-21/h2-5,13,17-18,21H,6-12,14-16H2,1H3,(H,27,33)/t18-/m1/s1. The summed E-state index contributed by atoms with van der Waals surface area (Å²) in [5.74, 6) is 1.04. The summed E-state index contributed by atoms with van der Waals surface area (Å²) < 4.78 is 13.4. The Hall–Kier alpha value is -3.17. The fraction of sp³-hybridized carbons (Fsp3) is 0.500. The number of aryl methyl sites for hydroxylation is 1. The molecule has 2 aromatic heterocycles. The summed E-state index contributed by atoms with van der Waals surface area (Å²) >= 11 is 0. The van der Waals surface area contributed by atoms with Crippen molar-refractivity contribution in [1.82, 2.24) is 24.8 Å². The van der Waals surface area contributed by atoms with E-state index < -0.39 is 0 Å². The van der Waals surface area contributed by atoms with Gasteiger partial charge in [0.05, 0.1) is 43.4 Å². The number of carbonyl (C=O) groups is 1. The van der Waals surface area contributed by atoms with Crippen LogP contribution in [0.15, 0.2) is 36.7 Å². The summed E-state index contributed by atoms with van der Waals surface area (Å²) in [5, 5.41) is 2.89. The number of ether oxygens (including phenoxy) is 2. The van der Waals surface area contributed by atoms with Crippen molar-refractivity contribution >= 4 is 22.6 Å². The molecule has 0 saturated carbocycles. The van der Waals surface area contributed by atoms with Crippen LogP contribution in [0.2, 0.25) is 0 Å². The first-order valence-electron chi connectivity index (χ1n) is 12.5. The van der Waals surface area contributed by atoms with Crippen LogP contribution in [0.25, 0.3) is 22.3 Å². The predicted octanol–water partition coefficient (Wildman–Crippen LogP) is 2.06. The molecule has 0 bridgehead atoms. The first kappa shape index (κ1) is 22.3. The Bertz CT molecular complexity index is 1200. The Morgan fingerprint density at radius 1 is 1.14 bits per heavy atom. The number of piperazine rings is 1.